The molecule has 0 bridgehead atoms. The zero-order valence-electron chi connectivity index (χ0n) is 19.9. The van der Waals surface area contributed by atoms with Gasteiger partial charge in [0.25, 0.3) is 5.91 Å². The molecule has 0 saturated carbocycles. The zero-order chi connectivity index (χ0) is 25.1. The molecule has 4 aromatic rings. The Kier molecular flexibility index (Phi) is 6.72. The molecule has 0 unspecified atom stereocenters. The van der Waals surface area contributed by atoms with Gasteiger partial charge in [-0.1, -0.05) is 0 Å². The number of nitrogens with zero attached hydrogens (tertiary/aromatic N) is 6. The molecule has 11 heteroatoms. The van der Waals surface area contributed by atoms with Crippen LogP contribution in [-0.4, -0.2) is 50.8 Å². The van der Waals surface area contributed by atoms with Gasteiger partial charge in [-0.15, -0.1) is 0 Å². The van der Waals surface area contributed by atoms with Gasteiger partial charge in [0.05, 0.1) is 18.7 Å². The van der Waals surface area contributed by atoms with Crippen molar-refractivity contribution in [3.8, 4) is 0 Å². The highest BCUT2D eigenvalue weighted by Gasteiger charge is 2.18. The van der Waals surface area contributed by atoms with E-state index in [2.05, 4.69) is 30.3 Å². The number of ether oxygens (including phenoxy) is 1. The summed E-state index contributed by atoms with van der Waals surface area (Å²) < 4.78 is 21.5. The van der Waals surface area contributed by atoms with Gasteiger partial charge in [-0.2, -0.15) is 5.10 Å². The van der Waals surface area contributed by atoms with Crippen LogP contribution in [0.15, 0.2) is 43.0 Å². The summed E-state index contributed by atoms with van der Waals surface area (Å²) in [6, 6.07) is 4.75. The Hall–Kier alpha value is -4.12. The molecule has 1 aliphatic heterocycles. The lowest BCUT2D eigenvalue weighted by molar-refractivity contribution is 0.0945. The topological polar surface area (TPSA) is 124 Å². The second-order valence-electron chi connectivity index (χ2n) is 8.75. The third kappa shape index (κ3) is 4.96. The van der Waals surface area contributed by atoms with Crippen molar-refractivity contribution in [3.05, 3.63) is 71.2 Å². The molecule has 0 radical (unpaired) electrons. The number of hydrogen-bond acceptors (Lipinski definition) is 8. The van der Waals surface area contributed by atoms with E-state index in [0.29, 0.717) is 28.8 Å². The first kappa shape index (κ1) is 23.6. The molecular formula is C25H27FN8O2. The van der Waals surface area contributed by atoms with Crippen LogP contribution in [0.3, 0.4) is 0 Å². The molecule has 0 spiro atoms. The average Bonchev–Trinajstić information content (AvgIpc) is 3.55. The molecule has 1 aromatic carbocycles. The number of aromatic nitrogens is 5. The van der Waals surface area contributed by atoms with Crippen LogP contribution in [0.2, 0.25) is 0 Å². The molecule has 5 rings (SSSR count). The monoisotopic (exact) mass is 490 g/mol. The van der Waals surface area contributed by atoms with Crippen LogP contribution in [0, 0.1) is 5.82 Å². The third-order valence-electron chi connectivity index (χ3n) is 6.19. The van der Waals surface area contributed by atoms with Crippen molar-refractivity contribution in [2.45, 2.75) is 32.5 Å². The molecule has 4 heterocycles. The number of carbonyl (C=O) groups is 1. The molecule has 3 N–H and O–H groups in total. The second kappa shape index (κ2) is 10.2. The molecule has 36 heavy (non-hydrogen) atoms. The molecule has 1 amide bonds. The summed E-state index contributed by atoms with van der Waals surface area (Å²) in [7, 11) is 1.54. The van der Waals surface area contributed by atoms with E-state index in [4.69, 9.17) is 10.5 Å². The number of nitrogens with one attached hydrogen (secondary N) is 1. The average molecular weight is 491 g/mol. The lowest BCUT2D eigenvalue weighted by Crippen LogP contribution is -2.24. The highest BCUT2D eigenvalue weighted by atomic mass is 19.1. The minimum Gasteiger partial charge on any atom is -0.383 e. The Morgan fingerprint density at radius 1 is 1.19 bits per heavy atom. The van der Waals surface area contributed by atoms with Crippen LogP contribution < -0.4 is 16.0 Å². The second-order valence-corrected chi connectivity index (χ2v) is 8.75. The molecule has 186 valence electrons. The van der Waals surface area contributed by atoms with Gasteiger partial charge in [0, 0.05) is 68.0 Å². The van der Waals surface area contributed by atoms with Gasteiger partial charge in [0.2, 0.25) is 5.95 Å². The molecular weight excluding hydrogens is 463 g/mol. The number of hydrogen-bond donors (Lipinski definition) is 2. The van der Waals surface area contributed by atoms with Crippen molar-refractivity contribution in [1.82, 2.24) is 30.0 Å². The summed E-state index contributed by atoms with van der Waals surface area (Å²) in [5.74, 6) is 0.154. The quantitative estimate of drug-likeness (QED) is 0.386. The first-order valence-electron chi connectivity index (χ1n) is 11.7. The van der Waals surface area contributed by atoms with Crippen LogP contribution in [0.25, 0.3) is 10.8 Å². The maximum Gasteiger partial charge on any atom is 0.255 e. The van der Waals surface area contributed by atoms with E-state index in [1.54, 1.807) is 41.6 Å². The van der Waals surface area contributed by atoms with E-state index in [0.717, 1.165) is 42.8 Å². The minimum atomic E-state index is -0.465. The standard InChI is InChI=1S/C25H27FN8O2/c1-36-15-22-20(14-34(32-22)13-16-10-30-25(31-11-16)33-6-2-3-7-33)24(35)29-12-18-8-17-4-5-28-23(27)19(17)9-21(18)26/h4-5,8-11,14H,2-3,6-7,12-13,15H2,1H3,(H2,27,28)(H,29,35). The fourth-order valence-corrected chi connectivity index (χ4v) is 4.34. The van der Waals surface area contributed by atoms with Crippen LogP contribution in [0.4, 0.5) is 16.2 Å². The Labute approximate surface area is 207 Å². The van der Waals surface area contributed by atoms with E-state index in [9.17, 15) is 9.18 Å². The largest absolute Gasteiger partial charge is 0.383 e. The van der Waals surface area contributed by atoms with Crippen LogP contribution in [0.5, 0.6) is 0 Å². The Morgan fingerprint density at radius 2 is 1.97 bits per heavy atom. The molecule has 1 saturated heterocycles. The highest BCUT2D eigenvalue weighted by molar-refractivity contribution is 5.95. The normalized spacial score (nSPS) is 13.4. The number of nitrogen functional groups attached to an aromatic ring is 1. The number of carbonyl (C=O) groups excluding carboxylic acids is 1. The van der Waals surface area contributed by atoms with E-state index >= 15 is 0 Å². The first-order valence-corrected chi connectivity index (χ1v) is 11.7. The Bertz CT molecular complexity index is 1380. The number of fused-ring (bicyclic) bond motifs is 1. The van der Waals surface area contributed by atoms with Gasteiger partial charge in [-0.25, -0.2) is 19.3 Å². The minimum absolute atomic E-state index is 0.00619. The summed E-state index contributed by atoms with van der Waals surface area (Å²) in [6.07, 6.45) is 9.09. The number of methoxy groups -OCH3 is 1. The Balaban J connectivity index is 1.29. The van der Waals surface area contributed by atoms with Crippen LogP contribution >= 0.6 is 0 Å². The molecule has 0 atom stereocenters. The number of benzene rings is 1. The maximum atomic E-state index is 14.6. The molecule has 3 aromatic heterocycles. The number of nitrogens with two attached hydrogens (primary N) is 1. The number of halogens is 1. The van der Waals surface area contributed by atoms with E-state index in [-0.39, 0.29) is 24.9 Å². The summed E-state index contributed by atoms with van der Waals surface area (Å²) in [5, 5.41) is 8.58. The van der Waals surface area contributed by atoms with Crippen molar-refractivity contribution in [1.29, 1.82) is 0 Å². The van der Waals surface area contributed by atoms with Gasteiger partial charge in [-0.3, -0.25) is 9.48 Å². The van der Waals surface area contributed by atoms with Crippen molar-refractivity contribution >= 4 is 28.4 Å². The molecule has 1 aliphatic rings. The van der Waals surface area contributed by atoms with Gasteiger partial charge in [0.15, 0.2) is 0 Å². The lowest BCUT2D eigenvalue weighted by Gasteiger charge is -2.14. The predicted octanol–water partition coefficient (Wildman–Crippen LogP) is 2.67. The smallest absolute Gasteiger partial charge is 0.255 e. The highest BCUT2D eigenvalue weighted by Crippen LogP contribution is 2.23. The number of amides is 1. The molecule has 0 aliphatic carbocycles. The summed E-state index contributed by atoms with van der Waals surface area (Å²) in [4.78, 5) is 28.1. The van der Waals surface area contributed by atoms with Crippen molar-refractivity contribution in [3.63, 3.8) is 0 Å². The predicted molar refractivity (Wildman–Crippen MR) is 133 cm³/mol. The van der Waals surface area contributed by atoms with E-state index < -0.39 is 5.82 Å². The van der Waals surface area contributed by atoms with Crippen molar-refractivity contribution in [2.75, 3.05) is 30.8 Å². The first-order chi connectivity index (χ1) is 17.5. The van der Waals surface area contributed by atoms with E-state index in [1.807, 2.05) is 0 Å². The number of rotatable bonds is 8. The fourth-order valence-electron chi connectivity index (χ4n) is 4.34. The third-order valence-corrected chi connectivity index (χ3v) is 6.19. The maximum absolute atomic E-state index is 14.6. The van der Waals surface area contributed by atoms with Gasteiger partial charge in [-0.05, 0) is 36.4 Å². The van der Waals surface area contributed by atoms with Crippen molar-refractivity contribution < 1.29 is 13.9 Å². The van der Waals surface area contributed by atoms with Crippen molar-refractivity contribution in [2.24, 2.45) is 0 Å². The summed E-state index contributed by atoms with van der Waals surface area (Å²) in [5.41, 5.74) is 7.89. The van der Waals surface area contributed by atoms with Gasteiger partial charge in [0.1, 0.15) is 17.3 Å². The van der Waals surface area contributed by atoms with Crippen LogP contribution in [0.1, 0.15) is 40.0 Å². The van der Waals surface area contributed by atoms with Gasteiger partial charge >= 0.3 is 0 Å². The van der Waals surface area contributed by atoms with E-state index in [1.165, 1.54) is 13.2 Å². The fraction of sp³-hybridized carbons (Fsp3) is 0.320. The summed E-state index contributed by atoms with van der Waals surface area (Å²) >= 11 is 0. The molecule has 1 fully saturated rings. The Morgan fingerprint density at radius 3 is 2.72 bits per heavy atom. The molecule has 10 nitrogen and oxygen atoms in total. The van der Waals surface area contributed by atoms with Crippen LogP contribution in [-0.2, 0) is 24.4 Å². The SMILES string of the molecule is COCc1nn(Cc2cnc(N3CCCC3)nc2)cc1C(=O)NCc1cc2ccnc(N)c2cc1F. The number of anilines is 2. The summed E-state index contributed by atoms with van der Waals surface area (Å²) in [6.45, 7) is 2.53. The zero-order valence-corrected chi connectivity index (χ0v) is 19.9. The number of pyridine rings is 1. The lowest BCUT2D eigenvalue weighted by atomic mass is 10.1. The van der Waals surface area contributed by atoms with Gasteiger partial charge < -0.3 is 20.7 Å².